The van der Waals surface area contributed by atoms with Crippen molar-refractivity contribution < 1.29 is 23.9 Å². The van der Waals surface area contributed by atoms with Crippen molar-refractivity contribution in [1.82, 2.24) is 10.2 Å². The van der Waals surface area contributed by atoms with E-state index in [0.29, 0.717) is 11.3 Å². The third-order valence-corrected chi connectivity index (χ3v) is 6.71. The number of primary amides is 1. The van der Waals surface area contributed by atoms with Gasteiger partial charge >= 0.3 is 6.09 Å². The molecule has 0 fully saturated rings. The zero-order valence-electron chi connectivity index (χ0n) is 26.4. The summed E-state index contributed by atoms with van der Waals surface area (Å²) < 4.78 is 5.41. The third-order valence-electron chi connectivity index (χ3n) is 6.71. The summed E-state index contributed by atoms with van der Waals surface area (Å²) >= 11 is 0. The van der Waals surface area contributed by atoms with Crippen LogP contribution in [0.25, 0.3) is 10.8 Å². The molecule has 9 nitrogen and oxygen atoms in total. The summed E-state index contributed by atoms with van der Waals surface area (Å²) in [4.78, 5) is 54.7. The zero-order valence-corrected chi connectivity index (χ0v) is 26.4. The van der Waals surface area contributed by atoms with Crippen LogP contribution in [0, 0.1) is 13.8 Å². The van der Waals surface area contributed by atoms with Crippen LogP contribution in [0.4, 0.5) is 10.5 Å². The van der Waals surface area contributed by atoms with E-state index in [1.807, 2.05) is 95.3 Å². The van der Waals surface area contributed by atoms with Crippen LogP contribution in [0.2, 0.25) is 0 Å². The summed E-state index contributed by atoms with van der Waals surface area (Å²) in [6.45, 7) is 14.5. The van der Waals surface area contributed by atoms with Crippen molar-refractivity contribution in [3.05, 3.63) is 77.4 Å². The molecule has 0 radical (unpaired) electrons. The Hall–Kier alpha value is -4.40. The molecule has 0 saturated heterocycles. The van der Waals surface area contributed by atoms with Crippen molar-refractivity contribution in [2.24, 2.45) is 5.73 Å². The lowest BCUT2D eigenvalue weighted by Gasteiger charge is -2.43. The summed E-state index contributed by atoms with van der Waals surface area (Å²) in [6, 6.07) is 17.0. The zero-order chi connectivity index (χ0) is 32.1. The van der Waals surface area contributed by atoms with Crippen LogP contribution in [-0.4, -0.2) is 45.9 Å². The average molecular weight is 589 g/mol. The summed E-state index contributed by atoms with van der Waals surface area (Å²) in [5.74, 6) is -1.59. The second kappa shape index (κ2) is 13.3. The molecule has 3 rings (SSSR count). The number of carbonyl (C=O) groups excluding carboxylic acids is 4. The van der Waals surface area contributed by atoms with Crippen molar-refractivity contribution in [3.8, 4) is 0 Å². The first kappa shape index (κ1) is 33.1. The number of carbonyl (C=O) groups is 4. The SMILES string of the molecule is Cc1cc(C)cc(C(C(=O)Nc2ccc3ccccc3c2)N(C(=O)C(CCC(N)=O)NC(=O)OC(C)(C)C)C(C)(C)C)c1. The molecule has 0 saturated carbocycles. The van der Waals surface area contributed by atoms with E-state index >= 15 is 0 Å². The molecule has 9 heteroatoms. The largest absolute Gasteiger partial charge is 0.444 e. The summed E-state index contributed by atoms with van der Waals surface area (Å²) in [5, 5.41) is 7.64. The Morgan fingerprint density at radius 3 is 2.02 bits per heavy atom. The standard InChI is InChI=1S/C34H44N4O5/c1-21-17-22(2)19-25(18-21)29(30(40)36-26-14-13-23-11-9-10-12-24(23)20-26)38(33(3,4)5)31(41)27(15-16-28(35)39)37-32(42)43-34(6,7)8/h9-14,17-20,27,29H,15-16H2,1-8H3,(H2,35,39)(H,36,40)(H,37,42). The van der Waals surface area contributed by atoms with Crippen LogP contribution >= 0.6 is 0 Å². The number of anilines is 1. The number of hydrogen-bond donors (Lipinski definition) is 3. The molecular formula is C34H44N4O5. The van der Waals surface area contributed by atoms with E-state index in [9.17, 15) is 19.2 Å². The molecule has 0 bridgehead atoms. The Balaban J connectivity index is 2.11. The van der Waals surface area contributed by atoms with E-state index < -0.39 is 47.0 Å². The quantitative estimate of drug-likeness (QED) is 0.286. The van der Waals surface area contributed by atoms with Crippen LogP contribution in [0.5, 0.6) is 0 Å². The van der Waals surface area contributed by atoms with Crippen LogP contribution in [-0.2, 0) is 19.1 Å². The first-order chi connectivity index (χ1) is 19.9. The van der Waals surface area contributed by atoms with Gasteiger partial charge in [-0.3, -0.25) is 14.4 Å². The second-order valence-corrected chi connectivity index (χ2v) is 13.0. The van der Waals surface area contributed by atoms with Gasteiger partial charge in [-0.05, 0) is 90.3 Å². The number of benzene rings is 3. The lowest BCUT2D eigenvalue weighted by Crippen LogP contribution is -2.58. The number of alkyl carbamates (subject to hydrolysis) is 1. The number of ether oxygens (including phenoxy) is 1. The minimum atomic E-state index is -1.18. The van der Waals surface area contributed by atoms with Gasteiger partial charge in [-0.1, -0.05) is 59.7 Å². The number of aryl methyl sites for hydroxylation is 2. The molecule has 4 N–H and O–H groups in total. The van der Waals surface area contributed by atoms with Gasteiger partial charge in [0.1, 0.15) is 17.7 Å². The highest BCUT2D eigenvalue weighted by Gasteiger charge is 2.42. The monoisotopic (exact) mass is 588 g/mol. The molecule has 3 aromatic rings. The molecule has 43 heavy (non-hydrogen) atoms. The predicted molar refractivity (Wildman–Crippen MR) is 169 cm³/mol. The number of rotatable bonds is 9. The van der Waals surface area contributed by atoms with Gasteiger partial charge in [0.25, 0.3) is 5.91 Å². The molecule has 4 amide bonds. The Labute approximate surface area is 254 Å². The molecule has 0 aliphatic rings. The average Bonchev–Trinajstić information content (AvgIpc) is 2.86. The normalized spacial score (nSPS) is 13.1. The highest BCUT2D eigenvalue weighted by molar-refractivity contribution is 6.00. The first-order valence-electron chi connectivity index (χ1n) is 14.4. The maximum Gasteiger partial charge on any atom is 0.408 e. The van der Waals surface area contributed by atoms with Crippen LogP contribution in [0.15, 0.2) is 60.7 Å². The Kier molecular flexibility index (Phi) is 10.2. The van der Waals surface area contributed by atoms with Gasteiger partial charge in [0.15, 0.2) is 0 Å². The van der Waals surface area contributed by atoms with E-state index in [-0.39, 0.29) is 12.8 Å². The minimum absolute atomic E-state index is 0.0636. The van der Waals surface area contributed by atoms with Crippen molar-refractivity contribution in [2.45, 2.75) is 91.5 Å². The van der Waals surface area contributed by atoms with Crippen molar-refractivity contribution in [1.29, 1.82) is 0 Å². The maximum absolute atomic E-state index is 14.4. The van der Waals surface area contributed by atoms with Gasteiger partial charge in [0.2, 0.25) is 11.8 Å². The molecule has 0 aliphatic heterocycles. The Bertz CT molecular complexity index is 1480. The highest BCUT2D eigenvalue weighted by Crippen LogP contribution is 2.33. The molecule has 0 aliphatic carbocycles. The van der Waals surface area contributed by atoms with E-state index in [2.05, 4.69) is 10.6 Å². The lowest BCUT2D eigenvalue weighted by atomic mass is 9.93. The van der Waals surface area contributed by atoms with Gasteiger partial charge < -0.3 is 26.0 Å². The number of nitrogens with zero attached hydrogens (tertiary/aromatic N) is 1. The molecule has 0 heterocycles. The topological polar surface area (TPSA) is 131 Å². The molecule has 2 atom stereocenters. The van der Waals surface area contributed by atoms with Crippen LogP contribution in [0.3, 0.4) is 0 Å². The smallest absolute Gasteiger partial charge is 0.408 e. The number of hydrogen-bond acceptors (Lipinski definition) is 5. The van der Waals surface area contributed by atoms with Crippen LogP contribution in [0.1, 0.15) is 77.1 Å². The van der Waals surface area contributed by atoms with E-state index in [1.165, 1.54) is 4.90 Å². The van der Waals surface area contributed by atoms with Gasteiger partial charge in [0.05, 0.1) is 0 Å². The number of nitrogens with two attached hydrogens (primary N) is 1. The first-order valence-corrected chi connectivity index (χ1v) is 14.4. The summed E-state index contributed by atoms with van der Waals surface area (Å²) in [6.07, 6.45) is -1.03. The maximum atomic E-state index is 14.4. The van der Waals surface area contributed by atoms with Gasteiger partial charge in [-0.15, -0.1) is 0 Å². The molecule has 230 valence electrons. The molecular weight excluding hydrogens is 544 g/mol. The van der Waals surface area contributed by atoms with Crippen molar-refractivity contribution in [3.63, 3.8) is 0 Å². The van der Waals surface area contributed by atoms with Gasteiger partial charge in [0, 0.05) is 17.6 Å². The highest BCUT2D eigenvalue weighted by atomic mass is 16.6. The van der Waals surface area contributed by atoms with Crippen molar-refractivity contribution >= 4 is 40.3 Å². The fraction of sp³-hybridized carbons (Fsp3) is 0.412. The van der Waals surface area contributed by atoms with E-state index in [4.69, 9.17) is 10.5 Å². The Morgan fingerprint density at radius 1 is 0.860 bits per heavy atom. The minimum Gasteiger partial charge on any atom is -0.444 e. The fourth-order valence-corrected chi connectivity index (χ4v) is 5.07. The molecule has 3 aromatic carbocycles. The number of fused-ring (bicyclic) bond motifs is 1. The van der Waals surface area contributed by atoms with E-state index in [0.717, 1.165) is 21.9 Å². The lowest BCUT2D eigenvalue weighted by molar-refractivity contribution is -0.147. The van der Waals surface area contributed by atoms with Gasteiger partial charge in [-0.25, -0.2) is 4.79 Å². The third kappa shape index (κ3) is 9.30. The van der Waals surface area contributed by atoms with Crippen molar-refractivity contribution in [2.75, 3.05) is 5.32 Å². The summed E-state index contributed by atoms with van der Waals surface area (Å²) in [5.41, 5.74) is 6.77. The molecule has 0 aromatic heterocycles. The predicted octanol–water partition coefficient (Wildman–Crippen LogP) is 5.92. The van der Waals surface area contributed by atoms with Gasteiger partial charge in [-0.2, -0.15) is 0 Å². The fourth-order valence-electron chi connectivity index (χ4n) is 5.07. The number of nitrogens with one attached hydrogen (secondary N) is 2. The summed E-state index contributed by atoms with van der Waals surface area (Å²) in [7, 11) is 0. The molecule has 2 unspecified atom stereocenters. The molecule has 0 spiro atoms. The number of amides is 4. The second-order valence-electron chi connectivity index (χ2n) is 13.0. The Morgan fingerprint density at radius 2 is 1.47 bits per heavy atom. The van der Waals surface area contributed by atoms with Crippen LogP contribution < -0.4 is 16.4 Å². The van der Waals surface area contributed by atoms with E-state index in [1.54, 1.807) is 20.8 Å².